The van der Waals surface area contributed by atoms with Gasteiger partial charge in [0.15, 0.2) is 5.96 Å². The molecule has 0 aromatic carbocycles. The van der Waals surface area contributed by atoms with Crippen molar-refractivity contribution in [2.75, 3.05) is 20.1 Å². The maximum absolute atomic E-state index is 11.0. The number of aliphatic imine (C=N–C) groups is 1. The van der Waals surface area contributed by atoms with Gasteiger partial charge in [-0.15, -0.1) is 0 Å². The third kappa shape index (κ3) is 4.19. The minimum absolute atomic E-state index is 0.0344. The molecule has 5 nitrogen and oxygen atoms in total. The quantitative estimate of drug-likeness (QED) is 0.397. The molecule has 64 valence electrons. The second-order valence-electron chi connectivity index (χ2n) is 2.15. The highest BCUT2D eigenvalue weighted by Gasteiger charge is 2.03. The summed E-state index contributed by atoms with van der Waals surface area (Å²) in [6.07, 6.45) is 0. The Kier molecular flexibility index (Phi) is 4.02. The fourth-order valence-corrected chi connectivity index (χ4v) is 0.456. The first kappa shape index (κ1) is 9.74. The van der Waals surface area contributed by atoms with Crippen LogP contribution >= 0.6 is 0 Å². The van der Waals surface area contributed by atoms with Crippen LogP contribution in [0.2, 0.25) is 0 Å². The lowest BCUT2D eigenvalue weighted by molar-refractivity contribution is -0.128. The summed E-state index contributed by atoms with van der Waals surface area (Å²) < 4.78 is 0. The fourth-order valence-electron chi connectivity index (χ4n) is 0.456. The number of carbonyl (C=O) groups is 1. The number of likely N-dealkylation sites (N-methyl/N-ethyl adjacent to an activating group) is 1. The topological polar surface area (TPSA) is 84.7 Å². The van der Waals surface area contributed by atoms with Gasteiger partial charge in [-0.3, -0.25) is 4.79 Å². The minimum atomic E-state index is -0.0825. The summed E-state index contributed by atoms with van der Waals surface area (Å²) in [5.74, 6) is -0.135. The van der Waals surface area contributed by atoms with Gasteiger partial charge in [0.2, 0.25) is 5.91 Å². The Labute approximate surface area is 66.1 Å². The Morgan fingerprint density at radius 2 is 2.09 bits per heavy atom. The molecule has 0 spiro atoms. The highest BCUT2D eigenvalue weighted by atomic mass is 16.2. The van der Waals surface area contributed by atoms with Crippen LogP contribution in [0.25, 0.3) is 0 Å². The summed E-state index contributed by atoms with van der Waals surface area (Å²) in [5.41, 5.74) is 10.1. The zero-order chi connectivity index (χ0) is 8.85. The molecule has 11 heavy (non-hydrogen) atoms. The molecule has 0 atom stereocenters. The molecule has 0 aromatic heterocycles. The Morgan fingerprint density at radius 3 is 2.45 bits per heavy atom. The molecular formula is C6H14N4O. The van der Waals surface area contributed by atoms with Crippen molar-refractivity contribution >= 4 is 11.9 Å². The monoisotopic (exact) mass is 158 g/mol. The summed E-state index contributed by atoms with van der Waals surface area (Å²) >= 11 is 0. The molecule has 0 aliphatic heterocycles. The van der Waals surface area contributed by atoms with Crippen LogP contribution in [0.4, 0.5) is 0 Å². The van der Waals surface area contributed by atoms with Crippen molar-refractivity contribution in [1.82, 2.24) is 4.90 Å². The van der Waals surface area contributed by atoms with E-state index in [2.05, 4.69) is 4.99 Å². The summed E-state index contributed by atoms with van der Waals surface area (Å²) in [5, 5.41) is 0. The van der Waals surface area contributed by atoms with Crippen molar-refractivity contribution in [3.05, 3.63) is 0 Å². The van der Waals surface area contributed by atoms with Crippen LogP contribution in [0.5, 0.6) is 0 Å². The second-order valence-corrected chi connectivity index (χ2v) is 2.15. The normalized spacial score (nSPS) is 8.91. The van der Waals surface area contributed by atoms with Crippen LogP contribution in [0.15, 0.2) is 4.99 Å². The first-order chi connectivity index (χ1) is 5.07. The van der Waals surface area contributed by atoms with Gasteiger partial charge >= 0.3 is 0 Å². The van der Waals surface area contributed by atoms with Crippen LogP contribution in [0, 0.1) is 0 Å². The summed E-state index contributed by atoms with van der Waals surface area (Å²) in [6.45, 7) is 2.58. The zero-order valence-corrected chi connectivity index (χ0v) is 6.87. The lowest BCUT2D eigenvalue weighted by Gasteiger charge is -2.11. The standard InChI is InChI=1S/C6H14N4O/c1-3-10(2)5(11)4-9-6(7)8/h3-4H2,1-2H3,(H4,7,8,9). The number of rotatable bonds is 3. The van der Waals surface area contributed by atoms with E-state index in [1.807, 2.05) is 6.92 Å². The van der Waals surface area contributed by atoms with E-state index < -0.39 is 0 Å². The van der Waals surface area contributed by atoms with Crippen molar-refractivity contribution in [2.45, 2.75) is 6.92 Å². The van der Waals surface area contributed by atoms with Gasteiger partial charge in [0.1, 0.15) is 6.54 Å². The van der Waals surface area contributed by atoms with E-state index in [4.69, 9.17) is 11.5 Å². The molecule has 0 fully saturated rings. The van der Waals surface area contributed by atoms with Crippen LogP contribution < -0.4 is 11.5 Å². The smallest absolute Gasteiger partial charge is 0.244 e. The average Bonchev–Trinajstić information content (AvgIpc) is 1.98. The summed E-state index contributed by atoms with van der Waals surface area (Å²) in [4.78, 5) is 16.1. The van der Waals surface area contributed by atoms with Crippen molar-refractivity contribution in [3.8, 4) is 0 Å². The molecular weight excluding hydrogens is 144 g/mol. The van der Waals surface area contributed by atoms with E-state index in [1.165, 1.54) is 0 Å². The molecule has 0 radical (unpaired) electrons. The number of amides is 1. The lowest BCUT2D eigenvalue weighted by Crippen LogP contribution is -2.31. The largest absolute Gasteiger partial charge is 0.370 e. The SMILES string of the molecule is CCN(C)C(=O)CN=C(N)N. The molecule has 0 saturated carbocycles. The fraction of sp³-hybridized carbons (Fsp3) is 0.667. The molecule has 0 rings (SSSR count). The highest BCUT2D eigenvalue weighted by molar-refractivity contribution is 5.82. The molecule has 4 N–H and O–H groups in total. The maximum Gasteiger partial charge on any atom is 0.244 e. The minimum Gasteiger partial charge on any atom is -0.370 e. The molecule has 0 aliphatic rings. The third-order valence-electron chi connectivity index (χ3n) is 1.30. The molecule has 0 aliphatic carbocycles. The Balaban J connectivity index is 3.79. The van der Waals surface area contributed by atoms with E-state index >= 15 is 0 Å². The van der Waals surface area contributed by atoms with Crippen LogP contribution in [-0.2, 0) is 4.79 Å². The van der Waals surface area contributed by atoms with Crippen LogP contribution in [0.3, 0.4) is 0 Å². The van der Waals surface area contributed by atoms with E-state index in [0.717, 1.165) is 0 Å². The Bertz CT molecular complexity index is 162. The number of hydrogen-bond donors (Lipinski definition) is 2. The third-order valence-corrected chi connectivity index (χ3v) is 1.30. The average molecular weight is 158 g/mol. The van der Waals surface area contributed by atoms with Gasteiger partial charge in [-0.25, -0.2) is 4.99 Å². The van der Waals surface area contributed by atoms with Gasteiger partial charge in [-0.2, -0.15) is 0 Å². The van der Waals surface area contributed by atoms with E-state index in [0.29, 0.717) is 6.54 Å². The van der Waals surface area contributed by atoms with Gasteiger partial charge in [-0.05, 0) is 6.92 Å². The number of nitrogens with two attached hydrogens (primary N) is 2. The molecule has 0 aromatic rings. The maximum atomic E-state index is 11.0. The predicted octanol–water partition coefficient (Wildman–Crippen LogP) is -1.26. The summed E-state index contributed by atoms with van der Waals surface area (Å²) in [6, 6.07) is 0. The number of nitrogens with zero attached hydrogens (tertiary/aromatic N) is 2. The highest BCUT2D eigenvalue weighted by Crippen LogP contribution is 1.83. The van der Waals surface area contributed by atoms with Crippen molar-refractivity contribution in [2.24, 2.45) is 16.5 Å². The van der Waals surface area contributed by atoms with Gasteiger partial charge in [0.05, 0.1) is 0 Å². The van der Waals surface area contributed by atoms with Crippen molar-refractivity contribution in [1.29, 1.82) is 0 Å². The van der Waals surface area contributed by atoms with Gasteiger partial charge in [-0.1, -0.05) is 0 Å². The van der Waals surface area contributed by atoms with E-state index in [9.17, 15) is 4.79 Å². The van der Waals surface area contributed by atoms with Crippen molar-refractivity contribution < 1.29 is 4.79 Å². The van der Waals surface area contributed by atoms with Crippen LogP contribution in [-0.4, -0.2) is 36.9 Å². The van der Waals surface area contributed by atoms with Crippen molar-refractivity contribution in [3.63, 3.8) is 0 Å². The van der Waals surface area contributed by atoms with Gasteiger partial charge in [0.25, 0.3) is 0 Å². The zero-order valence-electron chi connectivity index (χ0n) is 6.87. The Hall–Kier alpha value is -1.26. The molecule has 1 amide bonds. The molecule has 0 heterocycles. The first-order valence-corrected chi connectivity index (χ1v) is 3.37. The number of guanidine groups is 1. The molecule has 0 bridgehead atoms. The number of hydrogen-bond acceptors (Lipinski definition) is 2. The van der Waals surface area contributed by atoms with E-state index in [1.54, 1.807) is 11.9 Å². The second kappa shape index (κ2) is 4.54. The van der Waals surface area contributed by atoms with Crippen LogP contribution in [0.1, 0.15) is 6.92 Å². The predicted molar refractivity (Wildman–Crippen MR) is 44.0 cm³/mol. The van der Waals surface area contributed by atoms with Gasteiger partial charge < -0.3 is 16.4 Å². The lowest BCUT2D eigenvalue weighted by atomic mass is 10.5. The molecule has 0 saturated heterocycles. The molecule has 0 unspecified atom stereocenters. The first-order valence-electron chi connectivity index (χ1n) is 3.37. The van der Waals surface area contributed by atoms with Gasteiger partial charge in [0, 0.05) is 13.6 Å². The van der Waals surface area contributed by atoms with E-state index in [-0.39, 0.29) is 18.4 Å². The summed E-state index contributed by atoms with van der Waals surface area (Å²) in [7, 11) is 1.70. The number of carbonyl (C=O) groups excluding carboxylic acids is 1. The molecule has 5 heteroatoms. The Morgan fingerprint density at radius 1 is 1.55 bits per heavy atom.